The number of benzene rings is 1. The van der Waals surface area contributed by atoms with E-state index < -0.39 is 23.8 Å². The topological polar surface area (TPSA) is 90.5 Å². The van der Waals surface area contributed by atoms with E-state index in [1.165, 1.54) is 10.4 Å². The Morgan fingerprint density at radius 3 is 2.45 bits per heavy atom. The molecule has 4 aliphatic rings. The predicted octanol–water partition coefficient (Wildman–Crippen LogP) is 4.39. The number of carbonyl (C=O) groups excluding carboxylic acids is 2. The van der Waals surface area contributed by atoms with Crippen LogP contribution in [0.1, 0.15) is 36.6 Å². The zero-order valence-electron chi connectivity index (χ0n) is 18.1. The number of hydrogen-bond acceptors (Lipinski definition) is 6. The molecular formula is C24H24N2O4S3. The maximum atomic E-state index is 13.6. The monoisotopic (exact) mass is 500 g/mol. The van der Waals surface area contributed by atoms with E-state index in [1.807, 2.05) is 18.2 Å². The van der Waals surface area contributed by atoms with Gasteiger partial charge in [-0.15, -0.1) is 23.1 Å². The van der Waals surface area contributed by atoms with Crippen molar-refractivity contribution in [2.24, 2.45) is 35.5 Å². The molecule has 172 valence electrons. The molecule has 0 radical (unpaired) electrons. The Morgan fingerprint density at radius 2 is 1.82 bits per heavy atom. The number of imide groups is 1. The van der Waals surface area contributed by atoms with Crippen LogP contribution in [0.25, 0.3) is 0 Å². The number of carboxylic acids is 1. The number of amides is 2. The SMILES string of the molecule is CC(C)C(C(=O)O)N1C(=O)C2C3CC(C2C1=O)C1C(c2ccccc2)c2sc(=S)[nH]c2SC31. The molecule has 2 aromatic rings. The largest absolute Gasteiger partial charge is 0.480 e. The number of aromatic nitrogens is 1. The molecule has 3 heterocycles. The van der Waals surface area contributed by atoms with E-state index in [2.05, 4.69) is 17.1 Å². The highest BCUT2D eigenvalue weighted by Gasteiger charge is 2.70. The molecule has 3 fully saturated rings. The third kappa shape index (κ3) is 2.91. The van der Waals surface area contributed by atoms with Crippen LogP contribution in [0.15, 0.2) is 35.4 Å². The lowest BCUT2D eigenvalue weighted by Crippen LogP contribution is -2.49. The number of aromatic amines is 1. The summed E-state index contributed by atoms with van der Waals surface area (Å²) in [6.07, 6.45) is 0.849. The maximum Gasteiger partial charge on any atom is 0.327 e. The van der Waals surface area contributed by atoms with Gasteiger partial charge in [0.25, 0.3) is 0 Å². The number of aliphatic carboxylic acids is 1. The number of nitrogens with zero attached hydrogens (tertiary/aromatic N) is 1. The highest BCUT2D eigenvalue weighted by atomic mass is 32.2. The first kappa shape index (κ1) is 21.6. The first-order valence-corrected chi connectivity index (χ1v) is 13.4. The third-order valence-corrected chi connectivity index (χ3v) is 11.0. The standard InChI is InChI=1S/C24H24N2O4S3/c1-9(2)17(23(29)30)26-21(27)15-11-8-12(16(15)22(26)28)18-14(11)13(10-6-4-3-5-7-10)19-20(32-18)25-24(31)33-19/h3-7,9,11-18H,8H2,1-2H3,(H,25,31)(H,29,30). The van der Waals surface area contributed by atoms with Crippen molar-refractivity contribution in [2.45, 2.75) is 42.5 Å². The number of H-pyrrole nitrogens is 1. The van der Waals surface area contributed by atoms with E-state index in [4.69, 9.17) is 12.2 Å². The van der Waals surface area contributed by atoms with Crippen molar-refractivity contribution in [3.05, 3.63) is 44.7 Å². The van der Waals surface area contributed by atoms with Crippen molar-refractivity contribution < 1.29 is 19.5 Å². The molecule has 33 heavy (non-hydrogen) atoms. The highest BCUT2D eigenvalue weighted by molar-refractivity contribution is 8.00. The van der Waals surface area contributed by atoms with Crippen molar-refractivity contribution in [3.8, 4) is 0 Å². The molecule has 2 aliphatic carbocycles. The van der Waals surface area contributed by atoms with Crippen molar-refractivity contribution in [1.82, 2.24) is 9.88 Å². The molecule has 9 heteroatoms. The van der Waals surface area contributed by atoms with E-state index in [-0.39, 0.29) is 46.7 Å². The van der Waals surface area contributed by atoms with Crippen LogP contribution in [0.5, 0.6) is 0 Å². The smallest absolute Gasteiger partial charge is 0.327 e. The minimum Gasteiger partial charge on any atom is -0.480 e. The molecule has 1 aromatic heterocycles. The maximum absolute atomic E-state index is 13.6. The minimum absolute atomic E-state index is 0.0644. The van der Waals surface area contributed by atoms with Crippen LogP contribution >= 0.6 is 35.3 Å². The predicted molar refractivity (Wildman–Crippen MR) is 128 cm³/mol. The first-order valence-electron chi connectivity index (χ1n) is 11.3. The summed E-state index contributed by atoms with van der Waals surface area (Å²) in [4.78, 5) is 44.8. The summed E-state index contributed by atoms with van der Waals surface area (Å²) in [7, 11) is 0. The Labute approximate surface area is 204 Å². The molecule has 2 bridgehead atoms. The van der Waals surface area contributed by atoms with E-state index >= 15 is 0 Å². The Morgan fingerprint density at radius 1 is 1.15 bits per heavy atom. The molecule has 1 saturated heterocycles. The van der Waals surface area contributed by atoms with Crippen LogP contribution in [-0.4, -0.2) is 44.1 Å². The number of thioether (sulfide) groups is 1. The normalized spacial score (nSPS) is 35.0. The van der Waals surface area contributed by atoms with Crippen LogP contribution in [0, 0.1) is 39.5 Å². The van der Waals surface area contributed by atoms with Gasteiger partial charge in [0.05, 0.1) is 16.9 Å². The number of nitrogens with one attached hydrogen (secondary N) is 1. The number of carbonyl (C=O) groups is 3. The highest BCUT2D eigenvalue weighted by Crippen LogP contribution is 2.68. The van der Waals surface area contributed by atoms with Crippen molar-refractivity contribution in [1.29, 1.82) is 0 Å². The number of hydrogen-bond donors (Lipinski definition) is 2. The lowest BCUT2D eigenvalue weighted by Gasteiger charge is -2.43. The van der Waals surface area contributed by atoms with Gasteiger partial charge in [-0.05, 0) is 47.9 Å². The first-order chi connectivity index (χ1) is 15.8. The Bertz CT molecular complexity index is 1220. The number of carboxylic acid groups (broad SMARTS) is 1. The molecule has 8 unspecified atom stereocenters. The van der Waals surface area contributed by atoms with E-state index in [0.717, 1.165) is 20.3 Å². The molecule has 6 nitrogen and oxygen atoms in total. The Kier molecular flexibility index (Phi) is 4.91. The van der Waals surface area contributed by atoms with Gasteiger partial charge in [-0.1, -0.05) is 44.2 Å². The van der Waals surface area contributed by atoms with Crippen LogP contribution in [-0.2, 0) is 14.4 Å². The molecule has 2 aliphatic heterocycles. The van der Waals surface area contributed by atoms with Gasteiger partial charge in [-0.3, -0.25) is 14.5 Å². The molecule has 6 rings (SSSR count). The van der Waals surface area contributed by atoms with Gasteiger partial charge in [0.2, 0.25) is 11.8 Å². The van der Waals surface area contributed by atoms with E-state index in [1.54, 1.807) is 36.9 Å². The Hall–Kier alpha value is -1.97. The Balaban J connectivity index is 1.44. The number of likely N-dealkylation sites (tertiary alicyclic amines) is 1. The second kappa shape index (κ2) is 7.52. The van der Waals surface area contributed by atoms with Gasteiger partial charge in [0.15, 0.2) is 3.95 Å². The van der Waals surface area contributed by atoms with Crippen molar-refractivity contribution >= 4 is 53.1 Å². The summed E-state index contributed by atoms with van der Waals surface area (Å²) in [6, 6.07) is 9.26. The summed E-state index contributed by atoms with van der Waals surface area (Å²) in [5.41, 5.74) is 1.21. The zero-order valence-corrected chi connectivity index (χ0v) is 20.6. The van der Waals surface area contributed by atoms with Gasteiger partial charge in [-0.2, -0.15) is 0 Å². The fraction of sp³-hybridized carbons (Fsp3) is 0.500. The molecule has 1 aromatic carbocycles. The lowest BCUT2D eigenvalue weighted by molar-refractivity contribution is -0.157. The van der Waals surface area contributed by atoms with E-state index in [9.17, 15) is 19.5 Å². The van der Waals surface area contributed by atoms with Crippen LogP contribution in [0.3, 0.4) is 0 Å². The summed E-state index contributed by atoms with van der Waals surface area (Å²) < 4.78 is 0.750. The molecule has 2 amide bonds. The summed E-state index contributed by atoms with van der Waals surface area (Å²) in [5.74, 6) is -2.35. The van der Waals surface area contributed by atoms with Crippen molar-refractivity contribution in [3.63, 3.8) is 0 Å². The van der Waals surface area contributed by atoms with Gasteiger partial charge in [-0.25, -0.2) is 4.79 Å². The van der Waals surface area contributed by atoms with Gasteiger partial charge in [0, 0.05) is 16.0 Å². The quantitative estimate of drug-likeness (QED) is 0.478. The second-order valence-electron chi connectivity index (χ2n) is 9.94. The van der Waals surface area contributed by atoms with Gasteiger partial charge < -0.3 is 10.1 Å². The fourth-order valence-electron chi connectivity index (χ4n) is 7.04. The summed E-state index contributed by atoms with van der Waals surface area (Å²) >= 11 is 8.86. The molecular weight excluding hydrogens is 476 g/mol. The van der Waals surface area contributed by atoms with Crippen molar-refractivity contribution in [2.75, 3.05) is 0 Å². The number of rotatable bonds is 4. The average molecular weight is 501 g/mol. The van der Waals surface area contributed by atoms with Gasteiger partial charge >= 0.3 is 5.97 Å². The molecule has 0 spiro atoms. The zero-order chi connectivity index (χ0) is 23.2. The molecule has 2 saturated carbocycles. The van der Waals surface area contributed by atoms with Crippen LogP contribution in [0.2, 0.25) is 0 Å². The molecule has 2 N–H and O–H groups in total. The minimum atomic E-state index is -1.11. The number of thiazole rings is 1. The second-order valence-corrected chi connectivity index (χ2v) is 12.9. The van der Waals surface area contributed by atoms with Gasteiger partial charge in [0.1, 0.15) is 6.04 Å². The van der Waals surface area contributed by atoms with Crippen LogP contribution < -0.4 is 0 Å². The van der Waals surface area contributed by atoms with Crippen LogP contribution in [0.4, 0.5) is 0 Å². The number of fused-ring (bicyclic) bond motifs is 9. The third-order valence-electron chi connectivity index (χ3n) is 8.08. The summed E-state index contributed by atoms with van der Waals surface area (Å²) in [5, 5.41) is 11.1. The summed E-state index contributed by atoms with van der Waals surface area (Å²) in [6.45, 7) is 3.51. The fourth-order valence-corrected chi connectivity index (χ4v) is 10.4. The van der Waals surface area contributed by atoms with E-state index in [0.29, 0.717) is 0 Å². The average Bonchev–Trinajstić information content (AvgIpc) is 3.49. The molecule has 8 atom stereocenters. The lowest BCUT2D eigenvalue weighted by atomic mass is 9.68.